The van der Waals surface area contributed by atoms with Crippen LogP contribution >= 0.6 is 0 Å². The van der Waals surface area contributed by atoms with Crippen LogP contribution in [0.4, 0.5) is 0 Å². The van der Waals surface area contributed by atoms with E-state index in [1.165, 1.54) is 0 Å². The van der Waals surface area contributed by atoms with Gasteiger partial charge in [-0.2, -0.15) is 0 Å². The molecule has 6 nitrogen and oxygen atoms in total. The minimum atomic E-state index is 0.113. The number of aromatic nitrogens is 2. The van der Waals surface area contributed by atoms with Crippen LogP contribution in [0.15, 0.2) is 36.4 Å². The van der Waals surface area contributed by atoms with Gasteiger partial charge in [0.25, 0.3) is 0 Å². The van der Waals surface area contributed by atoms with Crippen molar-refractivity contribution in [3.8, 4) is 0 Å². The summed E-state index contributed by atoms with van der Waals surface area (Å²) in [5, 5.41) is 26.1. The Kier molecular flexibility index (Phi) is 5.66. The van der Waals surface area contributed by atoms with E-state index in [-0.39, 0.29) is 13.2 Å². The highest BCUT2D eigenvalue weighted by molar-refractivity contribution is 6.02. The van der Waals surface area contributed by atoms with E-state index in [1.807, 2.05) is 12.1 Å². The second-order valence-corrected chi connectivity index (χ2v) is 5.61. The SMILES string of the molecule is OCCNCc1ccc2ccc3ccc(CNCCO)nc3c2n1. The molecule has 24 heavy (non-hydrogen) atoms. The van der Waals surface area contributed by atoms with Crippen LogP contribution in [-0.2, 0) is 13.1 Å². The van der Waals surface area contributed by atoms with Crippen molar-refractivity contribution < 1.29 is 10.2 Å². The van der Waals surface area contributed by atoms with Crippen molar-refractivity contribution >= 4 is 21.8 Å². The smallest absolute Gasteiger partial charge is 0.0968 e. The van der Waals surface area contributed by atoms with Crippen molar-refractivity contribution in [3.63, 3.8) is 0 Å². The Morgan fingerprint density at radius 3 is 1.50 bits per heavy atom. The van der Waals surface area contributed by atoms with Gasteiger partial charge in [-0.1, -0.05) is 24.3 Å². The maximum absolute atomic E-state index is 8.86. The second-order valence-electron chi connectivity index (χ2n) is 5.61. The van der Waals surface area contributed by atoms with Gasteiger partial charge >= 0.3 is 0 Å². The van der Waals surface area contributed by atoms with Crippen molar-refractivity contribution in [2.45, 2.75) is 13.1 Å². The van der Waals surface area contributed by atoms with Gasteiger partial charge in [0.05, 0.1) is 35.6 Å². The first kappa shape index (κ1) is 16.7. The number of hydrogen-bond acceptors (Lipinski definition) is 6. The number of aliphatic hydroxyl groups is 2. The van der Waals surface area contributed by atoms with Gasteiger partial charge in [0.2, 0.25) is 0 Å². The fourth-order valence-corrected chi connectivity index (χ4v) is 2.64. The van der Waals surface area contributed by atoms with Crippen LogP contribution in [0.1, 0.15) is 11.4 Å². The van der Waals surface area contributed by atoms with Gasteiger partial charge in [-0.05, 0) is 12.1 Å². The normalized spacial score (nSPS) is 11.4. The maximum Gasteiger partial charge on any atom is 0.0968 e. The molecule has 1 aromatic carbocycles. The van der Waals surface area contributed by atoms with Gasteiger partial charge < -0.3 is 20.8 Å². The van der Waals surface area contributed by atoms with Crippen molar-refractivity contribution in [2.24, 2.45) is 0 Å². The lowest BCUT2D eigenvalue weighted by Gasteiger charge is -2.08. The summed E-state index contributed by atoms with van der Waals surface area (Å²) in [4.78, 5) is 9.49. The highest BCUT2D eigenvalue weighted by atomic mass is 16.3. The largest absolute Gasteiger partial charge is 0.395 e. The first-order valence-electron chi connectivity index (χ1n) is 8.13. The predicted octanol–water partition coefficient (Wildman–Crippen LogP) is 0.947. The summed E-state index contributed by atoms with van der Waals surface area (Å²) in [5.41, 5.74) is 3.63. The zero-order valence-electron chi connectivity index (χ0n) is 13.5. The molecular weight excluding hydrogens is 304 g/mol. The first-order chi connectivity index (χ1) is 11.8. The molecule has 0 atom stereocenters. The number of pyridine rings is 2. The van der Waals surface area contributed by atoms with Gasteiger partial charge in [0.15, 0.2) is 0 Å². The molecule has 0 spiro atoms. The zero-order chi connectivity index (χ0) is 16.8. The van der Waals surface area contributed by atoms with Crippen molar-refractivity contribution in [2.75, 3.05) is 26.3 Å². The van der Waals surface area contributed by atoms with E-state index in [1.54, 1.807) is 0 Å². The topological polar surface area (TPSA) is 90.3 Å². The molecule has 0 fully saturated rings. The van der Waals surface area contributed by atoms with Crippen LogP contribution in [0.25, 0.3) is 21.8 Å². The monoisotopic (exact) mass is 326 g/mol. The molecule has 3 aromatic rings. The molecule has 0 saturated carbocycles. The Hall–Kier alpha value is -2.12. The van der Waals surface area contributed by atoms with E-state index in [0.29, 0.717) is 26.2 Å². The number of benzene rings is 1. The molecule has 6 heteroatoms. The lowest BCUT2D eigenvalue weighted by molar-refractivity contribution is 0.291. The molecule has 0 aliphatic rings. The number of aliphatic hydroxyl groups excluding tert-OH is 2. The summed E-state index contributed by atoms with van der Waals surface area (Å²) in [7, 11) is 0. The lowest BCUT2D eigenvalue weighted by atomic mass is 10.1. The molecular formula is C18H22N4O2. The molecule has 0 bridgehead atoms. The molecule has 0 unspecified atom stereocenters. The van der Waals surface area contributed by atoms with E-state index in [0.717, 1.165) is 33.2 Å². The van der Waals surface area contributed by atoms with E-state index in [9.17, 15) is 0 Å². The number of hydrogen-bond donors (Lipinski definition) is 4. The molecule has 0 aliphatic carbocycles. The standard InChI is InChI=1S/C18H22N4O2/c23-9-7-19-11-15-5-3-13-1-2-14-4-6-16(12-20-8-10-24)22-18(14)17(13)21-15/h1-6,19-20,23-24H,7-12H2. The van der Waals surface area contributed by atoms with Gasteiger partial charge in [-0.15, -0.1) is 0 Å². The van der Waals surface area contributed by atoms with Crippen LogP contribution in [0.2, 0.25) is 0 Å². The third-order valence-electron chi connectivity index (χ3n) is 3.82. The fourth-order valence-electron chi connectivity index (χ4n) is 2.64. The highest BCUT2D eigenvalue weighted by Gasteiger charge is 2.06. The van der Waals surface area contributed by atoms with Crippen LogP contribution in [0.3, 0.4) is 0 Å². The number of nitrogens with one attached hydrogen (secondary N) is 2. The summed E-state index contributed by atoms with van der Waals surface area (Å²) in [6.45, 7) is 2.56. The van der Waals surface area contributed by atoms with Gasteiger partial charge in [0, 0.05) is 37.0 Å². The second kappa shape index (κ2) is 8.12. The Labute approximate surface area is 140 Å². The van der Waals surface area contributed by atoms with Crippen molar-refractivity contribution in [1.29, 1.82) is 0 Å². The summed E-state index contributed by atoms with van der Waals surface area (Å²) in [6.07, 6.45) is 0. The Bertz CT molecular complexity index is 754. The fraction of sp³-hybridized carbons (Fsp3) is 0.333. The van der Waals surface area contributed by atoms with E-state index >= 15 is 0 Å². The molecule has 126 valence electrons. The summed E-state index contributed by atoms with van der Waals surface area (Å²) in [5.74, 6) is 0. The summed E-state index contributed by atoms with van der Waals surface area (Å²) < 4.78 is 0. The number of nitrogens with zero attached hydrogens (tertiary/aromatic N) is 2. The molecule has 0 saturated heterocycles. The third-order valence-corrected chi connectivity index (χ3v) is 3.82. The number of rotatable bonds is 8. The van der Waals surface area contributed by atoms with E-state index in [2.05, 4.69) is 34.9 Å². The van der Waals surface area contributed by atoms with E-state index < -0.39 is 0 Å². The summed E-state index contributed by atoms with van der Waals surface area (Å²) >= 11 is 0. The third kappa shape index (κ3) is 3.85. The molecule has 0 radical (unpaired) electrons. The summed E-state index contributed by atoms with van der Waals surface area (Å²) in [6, 6.07) is 12.2. The highest BCUT2D eigenvalue weighted by Crippen LogP contribution is 2.23. The Morgan fingerprint density at radius 1 is 0.667 bits per heavy atom. The Balaban J connectivity index is 1.95. The van der Waals surface area contributed by atoms with Crippen LogP contribution in [0.5, 0.6) is 0 Å². The Morgan fingerprint density at radius 2 is 1.08 bits per heavy atom. The average Bonchev–Trinajstić information content (AvgIpc) is 2.62. The van der Waals surface area contributed by atoms with E-state index in [4.69, 9.17) is 20.2 Å². The first-order valence-corrected chi connectivity index (χ1v) is 8.13. The molecule has 4 N–H and O–H groups in total. The van der Waals surface area contributed by atoms with Gasteiger partial charge in [-0.3, -0.25) is 0 Å². The average molecular weight is 326 g/mol. The molecule has 2 aromatic heterocycles. The van der Waals surface area contributed by atoms with Crippen LogP contribution < -0.4 is 10.6 Å². The van der Waals surface area contributed by atoms with Crippen LogP contribution in [-0.4, -0.2) is 46.5 Å². The van der Waals surface area contributed by atoms with Crippen molar-refractivity contribution in [1.82, 2.24) is 20.6 Å². The minimum absolute atomic E-state index is 0.113. The number of fused-ring (bicyclic) bond motifs is 3. The van der Waals surface area contributed by atoms with Gasteiger partial charge in [-0.25, -0.2) is 9.97 Å². The molecule has 0 amide bonds. The van der Waals surface area contributed by atoms with Crippen molar-refractivity contribution in [3.05, 3.63) is 47.8 Å². The lowest BCUT2D eigenvalue weighted by Crippen LogP contribution is -2.18. The van der Waals surface area contributed by atoms with Crippen LogP contribution in [0, 0.1) is 0 Å². The molecule has 3 rings (SSSR count). The molecule has 2 heterocycles. The zero-order valence-corrected chi connectivity index (χ0v) is 13.5. The molecule has 0 aliphatic heterocycles. The quantitative estimate of drug-likeness (QED) is 0.364. The predicted molar refractivity (Wildman–Crippen MR) is 94.6 cm³/mol. The van der Waals surface area contributed by atoms with Gasteiger partial charge in [0.1, 0.15) is 0 Å². The maximum atomic E-state index is 8.86. The minimum Gasteiger partial charge on any atom is -0.395 e.